The number of pyridine rings is 1. The summed E-state index contributed by atoms with van der Waals surface area (Å²) in [7, 11) is 0. The van der Waals surface area contributed by atoms with Crippen LogP contribution in [0.2, 0.25) is 0 Å². The number of hydrogen-bond donors (Lipinski definition) is 2. The SMILES string of the molecule is Cc1cnc(C(N)=O)cc1NC(=O)C1CCC(C)O1. The highest BCUT2D eigenvalue weighted by molar-refractivity contribution is 5.97. The van der Waals surface area contributed by atoms with Crippen LogP contribution < -0.4 is 11.1 Å². The first kappa shape index (κ1) is 13.5. The van der Waals surface area contributed by atoms with Crippen LogP contribution in [0.3, 0.4) is 0 Å². The molecule has 19 heavy (non-hydrogen) atoms. The highest BCUT2D eigenvalue weighted by Gasteiger charge is 2.28. The number of ether oxygens (including phenoxy) is 1. The van der Waals surface area contributed by atoms with E-state index in [4.69, 9.17) is 10.5 Å². The molecule has 1 aromatic rings. The van der Waals surface area contributed by atoms with Gasteiger partial charge in [0.15, 0.2) is 0 Å². The minimum atomic E-state index is -0.624. The van der Waals surface area contributed by atoms with E-state index in [1.807, 2.05) is 6.92 Å². The number of aryl methyl sites for hydroxylation is 1. The number of nitrogens with two attached hydrogens (primary N) is 1. The number of amides is 2. The number of carbonyl (C=O) groups is 2. The van der Waals surface area contributed by atoms with E-state index in [9.17, 15) is 9.59 Å². The van der Waals surface area contributed by atoms with Crippen molar-refractivity contribution in [2.75, 3.05) is 5.32 Å². The topological polar surface area (TPSA) is 94.3 Å². The fourth-order valence-corrected chi connectivity index (χ4v) is 2.00. The molecule has 2 amide bonds. The number of primary amides is 1. The van der Waals surface area contributed by atoms with Crippen LogP contribution in [-0.2, 0) is 9.53 Å². The summed E-state index contributed by atoms with van der Waals surface area (Å²) >= 11 is 0. The van der Waals surface area contributed by atoms with E-state index >= 15 is 0 Å². The molecule has 2 rings (SSSR count). The summed E-state index contributed by atoms with van der Waals surface area (Å²) in [5, 5.41) is 2.76. The van der Waals surface area contributed by atoms with Gasteiger partial charge in [0, 0.05) is 11.9 Å². The Labute approximate surface area is 111 Å². The molecule has 6 heteroatoms. The van der Waals surface area contributed by atoms with E-state index < -0.39 is 12.0 Å². The van der Waals surface area contributed by atoms with Gasteiger partial charge in [-0.2, -0.15) is 0 Å². The van der Waals surface area contributed by atoms with Gasteiger partial charge in [0.25, 0.3) is 11.8 Å². The van der Waals surface area contributed by atoms with E-state index in [1.165, 1.54) is 12.3 Å². The Bertz CT molecular complexity index is 516. The number of anilines is 1. The van der Waals surface area contributed by atoms with Crippen molar-refractivity contribution >= 4 is 17.5 Å². The predicted octanol–water partition coefficient (Wildman–Crippen LogP) is 0.995. The minimum Gasteiger partial charge on any atom is -0.365 e. The zero-order valence-corrected chi connectivity index (χ0v) is 11.0. The number of nitrogens with one attached hydrogen (secondary N) is 1. The first-order chi connectivity index (χ1) is 8.97. The molecule has 1 fully saturated rings. The third-order valence-corrected chi connectivity index (χ3v) is 3.14. The average Bonchev–Trinajstić information content (AvgIpc) is 2.78. The van der Waals surface area contributed by atoms with E-state index in [2.05, 4.69) is 10.3 Å². The Morgan fingerprint density at radius 2 is 2.21 bits per heavy atom. The van der Waals surface area contributed by atoms with Crippen molar-refractivity contribution in [2.24, 2.45) is 5.73 Å². The minimum absolute atomic E-state index is 0.107. The van der Waals surface area contributed by atoms with Gasteiger partial charge < -0.3 is 15.8 Å². The second-order valence-electron chi connectivity index (χ2n) is 4.75. The molecule has 1 saturated heterocycles. The summed E-state index contributed by atoms with van der Waals surface area (Å²) in [5.74, 6) is -0.824. The van der Waals surface area contributed by atoms with Gasteiger partial charge in [0.2, 0.25) is 0 Å². The summed E-state index contributed by atoms with van der Waals surface area (Å²) in [4.78, 5) is 27.0. The van der Waals surface area contributed by atoms with E-state index in [-0.39, 0.29) is 17.7 Å². The second kappa shape index (κ2) is 5.36. The Morgan fingerprint density at radius 3 is 2.79 bits per heavy atom. The molecule has 0 saturated carbocycles. The third-order valence-electron chi connectivity index (χ3n) is 3.14. The van der Waals surface area contributed by atoms with E-state index in [1.54, 1.807) is 6.92 Å². The molecule has 0 aromatic carbocycles. The van der Waals surface area contributed by atoms with Crippen molar-refractivity contribution in [1.82, 2.24) is 4.98 Å². The molecule has 2 unspecified atom stereocenters. The van der Waals surface area contributed by atoms with Crippen LogP contribution in [0.1, 0.15) is 35.8 Å². The molecule has 6 nitrogen and oxygen atoms in total. The number of aromatic nitrogens is 1. The van der Waals surface area contributed by atoms with Crippen molar-refractivity contribution in [3.63, 3.8) is 0 Å². The second-order valence-corrected chi connectivity index (χ2v) is 4.75. The summed E-state index contributed by atoms with van der Waals surface area (Å²) in [6.45, 7) is 3.74. The van der Waals surface area contributed by atoms with Gasteiger partial charge in [-0.25, -0.2) is 0 Å². The molecule has 2 heterocycles. The fraction of sp³-hybridized carbons (Fsp3) is 0.462. The maximum atomic E-state index is 12.0. The highest BCUT2D eigenvalue weighted by Crippen LogP contribution is 2.21. The normalized spacial score (nSPS) is 22.2. The first-order valence-electron chi connectivity index (χ1n) is 6.20. The molecular formula is C13H17N3O3. The van der Waals surface area contributed by atoms with Crippen molar-refractivity contribution in [3.8, 4) is 0 Å². The largest absolute Gasteiger partial charge is 0.365 e. The summed E-state index contributed by atoms with van der Waals surface area (Å²) in [6.07, 6.45) is 2.77. The number of rotatable bonds is 3. The van der Waals surface area contributed by atoms with Gasteiger partial charge in [0.05, 0.1) is 6.10 Å². The number of nitrogens with zero attached hydrogens (tertiary/aromatic N) is 1. The maximum absolute atomic E-state index is 12.0. The third kappa shape index (κ3) is 3.08. The highest BCUT2D eigenvalue weighted by atomic mass is 16.5. The van der Waals surface area contributed by atoms with E-state index in [0.29, 0.717) is 12.1 Å². The molecular weight excluding hydrogens is 246 g/mol. The zero-order valence-electron chi connectivity index (χ0n) is 11.0. The Balaban J connectivity index is 2.12. The molecule has 0 spiro atoms. The molecule has 2 atom stereocenters. The van der Waals surface area contributed by atoms with Gasteiger partial charge in [0.1, 0.15) is 11.8 Å². The molecule has 102 valence electrons. The lowest BCUT2D eigenvalue weighted by Crippen LogP contribution is -2.28. The van der Waals surface area contributed by atoms with Gasteiger partial charge in [-0.3, -0.25) is 14.6 Å². The number of carbonyl (C=O) groups excluding carboxylic acids is 2. The molecule has 0 radical (unpaired) electrons. The summed E-state index contributed by atoms with van der Waals surface area (Å²) in [5.41, 5.74) is 6.60. The van der Waals surface area contributed by atoms with Gasteiger partial charge in [-0.1, -0.05) is 0 Å². The molecule has 0 bridgehead atoms. The lowest BCUT2D eigenvalue weighted by atomic mass is 10.1. The quantitative estimate of drug-likeness (QED) is 0.850. The smallest absolute Gasteiger partial charge is 0.267 e. The standard InChI is InChI=1S/C13H17N3O3/c1-7-6-15-10(12(14)17)5-9(7)16-13(18)11-4-3-8(2)19-11/h5-6,8,11H,3-4H2,1-2H3,(H2,14,17)(H,15,16,18). The van der Waals surface area contributed by atoms with Crippen molar-refractivity contribution in [2.45, 2.75) is 38.9 Å². The van der Waals surface area contributed by atoms with Crippen LogP contribution in [-0.4, -0.2) is 29.0 Å². The van der Waals surface area contributed by atoms with Crippen molar-refractivity contribution in [1.29, 1.82) is 0 Å². The predicted molar refractivity (Wildman–Crippen MR) is 69.7 cm³/mol. The van der Waals surface area contributed by atoms with Crippen LogP contribution in [0.4, 0.5) is 5.69 Å². The van der Waals surface area contributed by atoms with Crippen molar-refractivity contribution < 1.29 is 14.3 Å². The van der Waals surface area contributed by atoms with E-state index in [0.717, 1.165) is 12.0 Å². The van der Waals surface area contributed by atoms with Crippen LogP contribution in [0.5, 0.6) is 0 Å². The van der Waals surface area contributed by atoms with Gasteiger partial charge in [-0.05, 0) is 38.3 Å². The average molecular weight is 263 g/mol. The zero-order chi connectivity index (χ0) is 14.0. The molecule has 1 aromatic heterocycles. The first-order valence-corrected chi connectivity index (χ1v) is 6.20. The van der Waals surface area contributed by atoms with Crippen LogP contribution in [0.25, 0.3) is 0 Å². The van der Waals surface area contributed by atoms with Crippen molar-refractivity contribution in [3.05, 3.63) is 23.5 Å². The summed E-state index contributed by atoms with van der Waals surface area (Å²) < 4.78 is 5.49. The van der Waals surface area contributed by atoms with Crippen LogP contribution >= 0.6 is 0 Å². The van der Waals surface area contributed by atoms with Gasteiger partial charge in [-0.15, -0.1) is 0 Å². The molecule has 0 aliphatic carbocycles. The van der Waals surface area contributed by atoms with Crippen LogP contribution in [0, 0.1) is 6.92 Å². The molecule has 1 aliphatic heterocycles. The van der Waals surface area contributed by atoms with Crippen LogP contribution in [0.15, 0.2) is 12.3 Å². The molecule has 3 N–H and O–H groups in total. The fourth-order valence-electron chi connectivity index (χ4n) is 2.00. The maximum Gasteiger partial charge on any atom is 0.267 e. The van der Waals surface area contributed by atoms with Gasteiger partial charge >= 0.3 is 0 Å². The summed E-state index contributed by atoms with van der Waals surface area (Å²) in [6, 6.07) is 1.48. The lowest BCUT2D eigenvalue weighted by molar-refractivity contribution is -0.126. The lowest BCUT2D eigenvalue weighted by Gasteiger charge is -2.13. The Kier molecular flexibility index (Phi) is 3.80. The Hall–Kier alpha value is -1.95. The molecule has 1 aliphatic rings. The monoisotopic (exact) mass is 263 g/mol. The Morgan fingerprint density at radius 1 is 1.47 bits per heavy atom. The number of hydrogen-bond acceptors (Lipinski definition) is 4.